The van der Waals surface area contributed by atoms with Crippen molar-refractivity contribution in [3.63, 3.8) is 0 Å². The van der Waals surface area contributed by atoms with Crippen LogP contribution in [-0.2, 0) is 15.8 Å². The van der Waals surface area contributed by atoms with Gasteiger partial charge in [0.15, 0.2) is 16.8 Å². The van der Waals surface area contributed by atoms with E-state index >= 15 is 0 Å². The first-order chi connectivity index (χ1) is 3.79. The Morgan fingerprint density at radius 3 is 2.75 bits per heavy atom. The normalized spacial score (nSPS) is 26.5. The van der Waals surface area contributed by atoms with Gasteiger partial charge in [0.2, 0.25) is 0 Å². The molecule has 1 atom stereocenters. The lowest BCUT2D eigenvalue weighted by atomic mass is 10.4. The van der Waals surface area contributed by atoms with Crippen molar-refractivity contribution >= 4 is 23.0 Å². The third-order valence-corrected chi connectivity index (χ3v) is 1.31. The fourth-order valence-electron chi connectivity index (χ4n) is 0.307. The van der Waals surface area contributed by atoms with E-state index in [1.807, 2.05) is 0 Å². The molecular formula is C4H3NO2S. The van der Waals surface area contributed by atoms with Crippen LogP contribution in [0.25, 0.3) is 0 Å². The van der Waals surface area contributed by atoms with Gasteiger partial charge in [-0.2, -0.15) is 4.40 Å². The monoisotopic (exact) mass is 129 g/mol. The lowest BCUT2D eigenvalue weighted by molar-refractivity contribution is -0.108. The number of rotatable bonds is 0. The Balaban J connectivity index is 2.83. The second-order valence-corrected chi connectivity index (χ2v) is 2.25. The van der Waals surface area contributed by atoms with Crippen LogP contribution in [0.1, 0.15) is 0 Å². The Labute approximate surface area is 48.7 Å². The zero-order valence-electron chi connectivity index (χ0n) is 3.90. The lowest BCUT2D eigenvalue weighted by Gasteiger charge is -1.88. The van der Waals surface area contributed by atoms with Crippen molar-refractivity contribution < 1.29 is 9.00 Å². The highest BCUT2D eigenvalue weighted by Gasteiger charge is 1.98. The number of ketones is 1. The molecule has 0 spiro atoms. The molecular weight excluding hydrogens is 126 g/mol. The maximum atomic E-state index is 10.3. The summed E-state index contributed by atoms with van der Waals surface area (Å²) < 4.78 is 13.6. The van der Waals surface area contributed by atoms with Crippen molar-refractivity contribution in [1.29, 1.82) is 0 Å². The number of nitrogens with zero attached hydrogens (tertiary/aromatic N) is 1. The molecule has 0 saturated heterocycles. The van der Waals surface area contributed by atoms with Crippen LogP contribution in [0, 0.1) is 0 Å². The lowest BCUT2D eigenvalue weighted by Crippen LogP contribution is -1.99. The molecule has 0 saturated carbocycles. The van der Waals surface area contributed by atoms with Crippen LogP contribution < -0.4 is 0 Å². The smallest absolute Gasteiger partial charge is 0.198 e. The molecule has 1 heterocycles. The van der Waals surface area contributed by atoms with Crippen molar-refractivity contribution in [2.45, 2.75) is 0 Å². The van der Waals surface area contributed by atoms with Crippen LogP contribution >= 0.6 is 0 Å². The van der Waals surface area contributed by atoms with Crippen molar-refractivity contribution in [2.75, 3.05) is 0 Å². The Hall–Kier alpha value is -0.770. The van der Waals surface area contributed by atoms with Crippen LogP contribution in [0.5, 0.6) is 0 Å². The molecule has 1 aliphatic rings. The summed E-state index contributed by atoms with van der Waals surface area (Å²) in [6.45, 7) is 0. The highest BCUT2D eigenvalue weighted by atomic mass is 32.2. The van der Waals surface area contributed by atoms with Crippen molar-refractivity contribution in [3.8, 4) is 0 Å². The molecule has 0 aromatic carbocycles. The number of carbonyl (C=O) groups excluding carboxylic acids is 1. The molecule has 3 nitrogen and oxygen atoms in total. The zero-order valence-corrected chi connectivity index (χ0v) is 4.72. The van der Waals surface area contributed by atoms with Gasteiger partial charge >= 0.3 is 0 Å². The Morgan fingerprint density at radius 1 is 1.62 bits per heavy atom. The minimum atomic E-state index is -1.29. The second kappa shape index (κ2) is 2.00. The van der Waals surface area contributed by atoms with E-state index in [2.05, 4.69) is 4.40 Å². The number of hydrogen-bond acceptors (Lipinski definition) is 2. The van der Waals surface area contributed by atoms with E-state index in [1.165, 1.54) is 11.5 Å². The largest absolute Gasteiger partial charge is 0.288 e. The van der Waals surface area contributed by atoms with Gasteiger partial charge in [0, 0.05) is 5.41 Å². The summed E-state index contributed by atoms with van der Waals surface area (Å²) in [7, 11) is -1.29. The third kappa shape index (κ3) is 1.10. The summed E-state index contributed by atoms with van der Waals surface area (Å²) >= 11 is 0. The van der Waals surface area contributed by atoms with E-state index in [0.717, 1.165) is 6.21 Å². The van der Waals surface area contributed by atoms with Crippen LogP contribution in [0.4, 0.5) is 0 Å². The summed E-state index contributed by atoms with van der Waals surface area (Å²) in [5.41, 5.74) is 0. The molecule has 4 heteroatoms. The zero-order chi connectivity index (χ0) is 5.98. The van der Waals surface area contributed by atoms with E-state index in [9.17, 15) is 9.00 Å². The molecule has 42 valence electrons. The predicted octanol–water partition coefficient (Wildman–Crippen LogP) is -0.183. The average molecular weight is 129 g/mol. The van der Waals surface area contributed by atoms with Crippen LogP contribution in [0.2, 0.25) is 0 Å². The summed E-state index contributed by atoms with van der Waals surface area (Å²) in [6, 6.07) is 0. The summed E-state index contributed by atoms with van der Waals surface area (Å²) in [4.78, 5) is 10.2. The van der Waals surface area contributed by atoms with Gasteiger partial charge in [-0.25, -0.2) is 4.21 Å². The van der Waals surface area contributed by atoms with Crippen molar-refractivity contribution in [3.05, 3.63) is 11.5 Å². The van der Waals surface area contributed by atoms with Crippen LogP contribution in [0.15, 0.2) is 15.9 Å². The maximum absolute atomic E-state index is 10.3. The fourth-order valence-corrected chi connectivity index (χ4v) is 0.836. The Morgan fingerprint density at radius 2 is 2.38 bits per heavy atom. The topological polar surface area (TPSA) is 46.5 Å². The molecule has 1 aliphatic heterocycles. The summed E-state index contributed by atoms with van der Waals surface area (Å²) in [5.74, 6) is -0.204. The van der Waals surface area contributed by atoms with E-state index in [1.54, 1.807) is 0 Å². The Bertz CT molecular complexity index is 156. The van der Waals surface area contributed by atoms with Gasteiger partial charge in [0.25, 0.3) is 0 Å². The standard InChI is InChI=1S/C4H3NO2S/c6-4-1-2-8(7)5-3-4/h1-3H. The predicted molar refractivity (Wildman–Crippen MR) is 30.8 cm³/mol. The molecule has 0 radical (unpaired) electrons. The second-order valence-electron chi connectivity index (χ2n) is 1.22. The summed E-state index contributed by atoms with van der Waals surface area (Å²) in [6.07, 6.45) is 2.29. The van der Waals surface area contributed by atoms with Gasteiger partial charge in [0.05, 0.1) is 6.21 Å². The fraction of sp³-hybridized carbons (Fsp3) is 0. The van der Waals surface area contributed by atoms with Crippen LogP contribution in [-0.4, -0.2) is 16.2 Å². The molecule has 1 rings (SSSR count). The van der Waals surface area contributed by atoms with Crippen molar-refractivity contribution in [2.24, 2.45) is 4.40 Å². The number of allylic oxidation sites excluding steroid dienone is 1. The molecule has 8 heavy (non-hydrogen) atoms. The SMILES string of the molecule is O=C1C=CS(=O)N=C1. The third-order valence-electron chi connectivity index (χ3n) is 0.633. The van der Waals surface area contributed by atoms with Crippen molar-refractivity contribution in [1.82, 2.24) is 0 Å². The highest BCUT2D eigenvalue weighted by Crippen LogP contribution is 1.91. The molecule has 0 amide bonds. The molecule has 0 fully saturated rings. The maximum Gasteiger partial charge on any atom is 0.198 e. The van der Waals surface area contributed by atoms with E-state index in [4.69, 9.17) is 0 Å². The molecule has 1 unspecified atom stereocenters. The summed E-state index contributed by atoms with van der Waals surface area (Å²) in [5, 5.41) is 1.25. The number of hydrogen-bond donors (Lipinski definition) is 0. The minimum Gasteiger partial charge on any atom is -0.288 e. The van der Waals surface area contributed by atoms with Gasteiger partial charge < -0.3 is 0 Å². The highest BCUT2D eigenvalue weighted by molar-refractivity contribution is 7.87. The van der Waals surface area contributed by atoms with E-state index in [-0.39, 0.29) is 5.78 Å². The first kappa shape index (κ1) is 5.37. The van der Waals surface area contributed by atoms with Gasteiger partial charge in [-0.05, 0) is 6.08 Å². The number of carbonyl (C=O) groups is 1. The van der Waals surface area contributed by atoms with Gasteiger partial charge in [-0.15, -0.1) is 0 Å². The van der Waals surface area contributed by atoms with Gasteiger partial charge in [-0.1, -0.05) is 0 Å². The first-order valence-corrected chi connectivity index (χ1v) is 3.13. The van der Waals surface area contributed by atoms with E-state index < -0.39 is 11.0 Å². The minimum absolute atomic E-state index is 0.204. The molecule has 0 aromatic rings. The van der Waals surface area contributed by atoms with Crippen LogP contribution in [0.3, 0.4) is 0 Å². The first-order valence-electron chi connectivity index (χ1n) is 1.96. The average Bonchev–Trinajstić information content (AvgIpc) is 1.77. The quantitative estimate of drug-likeness (QED) is 0.455. The van der Waals surface area contributed by atoms with Gasteiger partial charge in [-0.3, -0.25) is 4.79 Å². The van der Waals surface area contributed by atoms with Gasteiger partial charge in [0.1, 0.15) is 0 Å². The molecule has 0 aliphatic carbocycles. The molecule has 0 aromatic heterocycles. The molecule has 0 N–H and O–H groups in total. The Kier molecular flexibility index (Phi) is 1.34. The van der Waals surface area contributed by atoms with E-state index in [0.29, 0.717) is 0 Å². The molecule has 0 bridgehead atoms.